The summed E-state index contributed by atoms with van der Waals surface area (Å²) in [6.07, 6.45) is 0.843. The van der Waals surface area contributed by atoms with E-state index in [-0.39, 0.29) is 18.4 Å². The number of hydrogen-bond acceptors (Lipinski definition) is 4. The third-order valence-electron chi connectivity index (χ3n) is 4.70. The van der Waals surface area contributed by atoms with Crippen LogP contribution >= 0.6 is 0 Å². The molecule has 0 saturated heterocycles. The molecule has 6 nitrogen and oxygen atoms in total. The molecular formula is C22H26N2O4. The minimum absolute atomic E-state index is 0.0428. The predicted octanol–water partition coefficient (Wildman–Crippen LogP) is 4.11. The highest BCUT2D eigenvalue weighted by Gasteiger charge is 2.37. The van der Waals surface area contributed by atoms with Crippen LogP contribution in [0.15, 0.2) is 42.5 Å². The molecule has 3 rings (SSSR count). The monoisotopic (exact) mass is 382 g/mol. The Labute approximate surface area is 165 Å². The summed E-state index contributed by atoms with van der Waals surface area (Å²) in [5, 5.41) is 2.88. The van der Waals surface area contributed by atoms with Crippen LogP contribution in [0, 0.1) is 5.41 Å². The van der Waals surface area contributed by atoms with Gasteiger partial charge in [0.15, 0.2) is 0 Å². The molecule has 148 valence electrons. The third-order valence-corrected chi connectivity index (χ3v) is 4.70. The summed E-state index contributed by atoms with van der Waals surface area (Å²) < 4.78 is 11.1. The zero-order valence-electron chi connectivity index (χ0n) is 16.7. The van der Waals surface area contributed by atoms with Crippen LogP contribution < -0.4 is 19.7 Å². The summed E-state index contributed by atoms with van der Waals surface area (Å²) in [5.74, 6) is 1.01. The van der Waals surface area contributed by atoms with Gasteiger partial charge in [-0.25, -0.2) is 0 Å². The number of nitrogens with one attached hydrogen (secondary N) is 1. The minimum Gasteiger partial charge on any atom is -0.497 e. The van der Waals surface area contributed by atoms with E-state index in [9.17, 15) is 9.59 Å². The Bertz CT molecular complexity index is 892. The van der Waals surface area contributed by atoms with Crippen LogP contribution in [0.5, 0.6) is 11.5 Å². The van der Waals surface area contributed by atoms with Gasteiger partial charge in [0, 0.05) is 23.9 Å². The molecule has 0 atom stereocenters. The smallest absolute Gasteiger partial charge is 0.255 e. The van der Waals surface area contributed by atoms with Crippen molar-refractivity contribution in [2.24, 2.45) is 5.41 Å². The van der Waals surface area contributed by atoms with Gasteiger partial charge in [-0.2, -0.15) is 0 Å². The first-order valence-electron chi connectivity index (χ1n) is 9.40. The molecule has 1 aliphatic heterocycles. The Balaban J connectivity index is 1.87. The molecule has 2 aromatic carbocycles. The third kappa shape index (κ3) is 3.96. The molecule has 0 bridgehead atoms. The summed E-state index contributed by atoms with van der Waals surface area (Å²) >= 11 is 0. The van der Waals surface area contributed by atoms with Crippen molar-refractivity contribution >= 4 is 23.2 Å². The van der Waals surface area contributed by atoms with Crippen LogP contribution in [0.1, 0.15) is 37.6 Å². The number of anilines is 2. The number of benzene rings is 2. The molecule has 2 amide bonds. The number of fused-ring (bicyclic) bond motifs is 1. The number of hydrogen-bond donors (Lipinski definition) is 1. The molecule has 1 aliphatic rings. The fraction of sp³-hybridized carbons (Fsp3) is 0.364. The van der Waals surface area contributed by atoms with Crippen molar-refractivity contribution in [2.45, 2.75) is 27.2 Å². The Morgan fingerprint density at radius 2 is 2.04 bits per heavy atom. The molecule has 0 aliphatic carbocycles. The van der Waals surface area contributed by atoms with Crippen molar-refractivity contribution < 1.29 is 19.1 Å². The molecule has 0 unspecified atom stereocenters. The van der Waals surface area contributed by atoms with Crippen molar-refractivity contribution in [1.82, 2.24) is 0 Å². The van der Waals surface area contributed by atoms with E-state index in [2.05, 4.69) is 5.32 Å². The van der Waals surface area contributed by atoms with E-state index < -0.39 is 5.41 Å². The zero-order valence-corrected chi connectivity index (χ0v) is 16.7. The van der Waals surface area contributed by atoms with Gasteiger partial charge in [-0.3, -0.25) is 9.59 Å². The van der Waals surface area contributed by atoms with Crippen LogP contribution in [0.25, 0.3) is 0 Å². The number of methoxy groups -OCH3 is 1. The molecule has 1 N–H and O–H groups in total. The quantitative estimate of drug-likeness (QED) is 0.845. The highest BCUT2D eigenvalue weighted by molar-refractivity contribution is 6.05. The lowest BCUT2D eigenvalue weighted by atomic mass is 9.93. The number of rotatable bonds is 5. The fourth-order valence-corrected chi connectivity index (χ4v) is 3.14. The maximum Gasteiger partial charge on any atom is 0.255 e. The second-order valence-electron chi connectivity index (χ2n) is 7.50. The van der Waals surface area contributed by atoms with Crippen LogP contribution in [-0.4, -0.2) is 32.1 Å². The summed E-state index contributed by atoms with van der Waals surface area (Å²) in [6.45, 7) is 6.71. The second-order valence-corrected chi connectivity index (χ2v) is 7.50. The van der Waals surface area contributed by atoms with Gasteiger partial charge in [0.1, 0.15) is 18.1 Å². The van der Waals surface area contributed by atoms with Crippen molar-refractivity contribution in [3.63, 3.8) is 0 Å². The Kier molecular flexibility index (Phi) is 5.58. The van der Waals surface area contributed by atoms with Gasteiger partial charge in [-0.15, -0.1) is 0 Å². The molecular weight excluding hydrogens is 356 g/mol. The largest absolute Gasteiger partial charge is 0.497 e. The van der Waals surface area contributed by atoms with Crippen LogP contribution in [-0.2, 0) is 4.79 Å². The number of carbonyl (C=O) groups excluding carboxylic acids is 2. The lowest BCUT2D eigenvalue weighted by Crippen LogP contribution is -2.42. The van der Waals surface area contributed by atoms with Gasteiger partial charge in [0.25, 0.3) is 5.91 Å². The molecule has 1 heterocycles. The summed E-state index contributed by atoms with van der Waals surface area (Å²) in [5.41, 5.74) is 1.23. The number of amides is 2. The average molecular weight is 382 g/mol. The van der Waals surface area contributed by atoms with Gasteiger partial charge in [-0.1, -0.05) is 13.0 Å². The lowest BCUT2D eigenvalue weighted by Gasteiger charge is -2.27. The number of nitrogens with zero attached hydrogens (tertiary/aromatic N) is 1. The highest BCUT2D eigenvalue weighted by atomic mass is 16.5. The van der Waals surface area contributed by atoms with E-state index in [1.807, 2.05) is 26.8 Å². The Morgan fingerprint density at radius 1 is 1.25 bits per heavy atom. The first-order valence-corrected chi connectivity index (χ1v) is 9.40. The lowest BCUT2D eigenvalue weighted by molar-refractivity contribution is -0.127. The van der Waals surface area contributed by atoms with Crippen LogP contribution in [0.2, 0.25) is 0 Å². The molecule has 6 heteroatoms. The van der Waals surface area contributed by atoms with Crippen LogP contribution in [0.3, 0.4) is 0 Å². The maximum absolute atomic E-state index is 12.9. The van der Waals surface area contributed by atoms with Gasteiger partial charge in [-0.05, 0) is 50.6 Å². The molecule has 0 saturated carbocycles. The van der Waals surface area contributed by atoms with E-state index >= 15 is 0 Å². The first kappa shape index (κ1) is 19.7. The van der Waals surface area contributed by atoms with E-state index in [0.717, 1.165) is 12.1 Å². The maximum atomic E-state index is 12.9. The molecule has 0 aromatic heterocycles. The van der Waals surface area contributed by atoms with Gasteiger partial charge < -0.3 is 19.7 Å². The minimum atomic E-state index is -0.613. The number of ether oxygens (including phenoxy) is 2. The predicted molar refractivity (Wildman–Crippen MR) is 109 cm³/mol. The first-order chi connectivity index (χ1) is 13.4. The Morgan fingerprint density at radius 3 is 2.75 bits per heavy atom. The van der Waals surface area contributed by atoms with Crippen molar-refractivity contribution in [3.8, 4) is 11.5 Å². The number of carbonyl (C=O) groups is 2. The topological polar surface area (TPSA) is 67.9 Å². The normalized spacial score (nSPS) is 15.3. The molecule has 0 spiro atoms. The van der Waals surface area contributed by atoms with Gasteiger partial charge in [0.05, 0.1) is 18.2 Å². The van der Waals surface area contributed by atoms with E-state index in [1.165, 1.54) is 0 Å². The molecule has 28 heavy (non-hydrogen) atoms. The zero-order chi connectivity index (χ0) is 20.3. The SMILES string of the molecule is CCCN1C(=O)C(C)(C)COc2cc(NC(=O)c3cccc(OC)c3)ccc21. The summed E-state index contributed by atoms with van der Waals surface area (Å²) in [4.78, 5) is 27.2. The fourth-order valence-electron chi connectivity index (χ4n) is 3.14. The summed E-state index contributed by atoms with van der Waals surface area (Å²) in [6, 6.07) is 12.3. The Hall–Kier alpha value is -3.02. The highest BCUT2D eigenvalue weighted by Crippen LogP contribution is 2.38. The average Bonchev–Trinajstić information content (AvgIpc) is 2.78. The van der Waals surface area contributed by atoms with Crippen molar-refractivity contribution in [3.05, 3.63) is 48.0 Å². The van der Waals surface area contributed by atoms with Gasteiger partial charge >= 0.3 is 0 Å². The molecule has 2 aromatic rings. The molecule has 0 fully saturated rings. The van der Waals surface area contributed by atoms with E-state index in [1.54, 1.807) is 48.4 Å². The van der Waals surface area contributed by atoms with E-state index in [0.29, 0.717) is 29.3 Å². The van der Waals surface area contributed by atoms with E-state index in [4.69, 9.17) is 9.47 Å². The van der Waals surface area contributed by atoms with Crippen molar-refractivity contribution in [1.29, 1.82) is 0 Å². The van der Waals surface area contributed by atoms with Gasteiger partial charge in [0.2, 0.25) is 5.91 Å². The van der Waals surface area contributed by atoms with Crippen molar-refractivity contribution in [2.75, 3.05) is 30.5 Å². The summed E-state index contributed by atoms with van der Waals surface area (Å²) in [7, 11) is 1.56. The molecule has 0 radical (unpaired) electrons. The second kappa shape index (κ2) is 7.92. The van der Waals surface area contributed by atoms with Crippen LogP contribution in [0.4, 0.5) is 11.4 Å². The standard InChI is InChI=1S/C22H26N2O4/c1-5-11-24-18-10-9-16(13-19(18)28-14-22(2,3)21(24)26)23-20(25)15-7-6-8-17(12-15)27-4/h6-10,12-13H,5,11,14H2,1-4H3,(H,23,25).